The lowest BCUT2D eigenvalue weighted by molar-refractivity contribution is -0.118. The van der Waals surface area contributed by atoms with E-state index in [0.29, 0.717) is 0 Å². The van der Waals surface area contributed by atoms with Gasteiger partial charge in [0, 0.05) is 6.42 Å². The average molecular weight is 339 g/mol. The number of nitrogens with one attached hydrogen (secondary N) is 1. The van der Waals surface area contributed by atoms with Crippen LogP contribution >= 0.6 is 22.9 Å². The molecular formula is C9H10INO3S. The van der Waals surface area contributed by atoms with Gasteiger partial charge in [0.05, 0.1) is 33.5 Å². The van der Waals surface area contributed by atoms with Gasteiger partial charge in [0.25, 0.3) is 0 Å². The van der Waals surface area contributed by atoms with Crippen LogP contribution < -0.4 is 3.53 Å². The topological polar surface area (TPSA) is 63.2 Å². The summed E-state index contributed by atoms with van der Waals surface area (Å²) < 4.78 is 25.7. The highest BCUT2D eigenvalue weighted by Crippen LogP contribution is 2.10. The number of carbonyl (C=O) groups excluding carboxylic acids is 1. The number of rotatable bonds is 4. The van der Waals surface area contributed by atoms with Crippen LogP contribution in [-0.2, 0) is 14.6 Å². The van der Waals surface area contributed by atoms with Gasteiger partial charge >= 0.3 is 0 Å². The Morgan fingerprint density at radius 3 is 2.40 bits per heavy atom. The molecule has 4 nitrogen and oxygen atoms in total. The Bertz CT molecular complexity index is 430. The van der Waals surface area contributed by atoms with Crippen molar-refractivity contribution in [2.75, 3.05) is 5.75 Å². The number of hydrogen-bond acceptors (Lipinski definition) is 3. The van der Waals surface area contributed by atoms with Crippen LogP contribution in [0.15, 0.2) is 35.2 Å². The monoisotopic (exact) mass is 339 g/mol. The maximum atomic E-state index is 11.7. The van der Waals surface area contributed by atoms with Crippen LogP contribution in [0, 0.1) is 0 Å². The normalized spacial score (nSPS) is 11.0. The fourth-order valence-corrected chi connectivity index (χ4v) is 2.55. The third-order valence-electron chi connectivity index (χ3n) is 1.81. The molecule has 15 heavy (non-hydrogen) atoms. The molecule has 0 bridgehead atoms. The van der Waals surface area contributed by atoms with Crippen molar-refractivity contribution in [1.29, 1.82) is 0 Å². The summed E-state index contributed by atoms with van der Waals surface area (Å²) in [6.45, 7) is 0. The molecule has 1 aromatic carbocycles. The Kier molecular flexibility index (Phi) is 4.52. The van der Waals surface area contributed by atoms with Crippen molar-refractivity contribution in [2.24, 2.45) is 0 Å². The van der Waals surface area contributed by atoms with Gasteiger partial charge in [-0.15, -0.1) is 0 Å². The molecule has 0 saturated carbocycles. The maximum absolute atomic E-state index is 11.7. The van der Waals surface area contributed by atoms with Crippen LogP contribution in [0.3, 0.4) is 0 Å². The highest BCUT2D eigenvalue weighted by molar-refractivity contribution is 14.1. The van der Waals surface area contributed by atoms with Crippen molar-refractivity contribution in [1.82, 2.24) is 3.53 Å². The molecule has 0 aromatic heterocycles. The molecular weight excluding hydrogens is 329 g/mol. The lowest BCUT2D eigenvalue weighted by Gasteiger charge is -2.02. The lowest BCUT2D eigenvalue weighted by Crippen LogP contribution is -2.17. The van der Waals surface area contributed by atoms with E-state index in [9.17, 15) is 13.2 Å². The van der Waals surface area contributed by atoms with Crippen molar-refractivity contribution in [2.45, 2.75) is 11.3 Å². The first-order chi connectivity index (χ1) is 7.06. The summed E-state index contributed by atoms with van der Waals surface area (Å²) in [5, 5.41) is 0. The summed E-state index contributed by atoms with van der Waals surface area (Å²) in [7, 11) is -3.33. The van der Waals surface area contributed by atoms with Gasteiger partial charge in [-0.05, 0) is 12.1 Å². The number of amides is 1. The predicted molar refractivity (Wildman–Crippen MR) is 65.3 cm³/mol. The van der Waals surface area contributed by atoms with Crippen LogP contribution in [-0.4, -0.2) is 20.1 Å². The highest BCUT2D eigenvalue weighted by Gasteiger charge is 2.15. The molecule has 6 heteroatoms. The summed E-state index contributed by atoms with van der Waals surface area (Å²) in [6.07, 6.45) is -0.0137. The second-order valence-electron chi connectivity index (χ2n) is 2.90. The minimum absolute atomic E-state index is 0.0137. The first-order valence-corrected chi connectivity index (χ1v) is 6.96. The second kappa shape index (κ2) is 5.45. The van der Waals surface area contributed by atoms with Crippen molar-refractivity contribution in [3.05, 3.63) is 30.3 Å². The Labute approximate surface area is 102 Å². The fourth-order valence-electron chi connectivity index (χ4n) is 1.02. The third-order valence-corrected chi connectivity index (χ3v) is 4.14. The van der Waals surface area contributed by atoms with Gasteiger partial charge in [-0.25, -0.2) is 8.42 Å². The van der Waals surface area contributed by atoms with Gasteiger partial charge in [0.2, 0.25) is 5.91 Å². The molecule has 0 radical (unpaired) electrons. The minimum Gasteiger partial charge on any atom is -0.299 e. The molecule has 0 fully saturated rings. The smallest absolute Gasteiger partial charge is 0.229 e. The fraction of sp³-hybridized carbons (Fsp3) is 0.222. The number of carbonyl (C=O) groups is 1. The van der Waals surface area contributed by atoms with Gasteiger partial charge in [-0.3, -0.25) is 8.32 Å². The number of sulfone groups is 1. The van der Waals surface area contributed by atoms with E-state index in [1.165, 1.54) is 12.1 Å². The summed E-state index contributed by atoms with van der Waals surface area (Å²) in [5.41, 5.74) is 0. The molecule has 0 aliphatic rings. The lowest BCUT2D eigenvalue weighted by atomic mass is 10.4. The largest absolute Gasteiger partial charge is 0.299 e. The molecule has 0 aliphatic heterocycles. The van der Waals surface area contributed by atoms with E-state index in [0.717, 1.165) is 0 Å². The first kappa shape index (κ1) is 12.4. The zero-order chi connectivity index (χ0) is 11.3. The zero-order valence-corrected chi connectivity index (χ0v) is 10.8. The number of halogens is 1. The van der Waals surface area contributed by atoms with E-state index in [1.807, 2.05) is 0 Å². The van der Waals surface area contributed by atoms with Crippen LogP contribution in [0.4, 0.5) is 0 Å². The van der Waals surface area contributed by atoms with Gasteiger partial charge in [0.15, 0.2) is 9.84 Å². The summed E-state index contributed by atoms with van der Waals surface area (Å²) in [4.78, 5) is 11.2. The Morgan fingerprint density at radius 2 is 1.87 bits per heavy atom. The van der Waals surface area contributed by atoms with Crippen molar-refractivity contribution in [3.63, 3.8) is 0 Å². The zero-order valence-electron chi connectivity index (χ0n) is 7.81. The SMILES string of the molecule is O=C(CCS(=O)(=O)c1ccccc1)NI. The molecule has 0 saturated heterocycles. The standard InChI is InChI=1S/C9H10INO3S/c10-11-9(12)6-7-15(13,14)8-4-2-1-3-5-8/h1-5H,6-7H2,(H,11,12). The highest BCUT2D eigenvalue weighted by atomic mass is 127. The predicted octanol–water partition coefficient (Wildman–Crippen LogP) is 1.32. The summed E-state index contributed by atoms with van der Waals surface area (Å²) in [6, 6.07) is 8.11. The van der Waals surface area contributed by atoms with Crippen LogP contribution in [0.1, 0.15) is 6.42 Å². The number of benzene rings is 1. The van der Waals surface area contributed by atoms with E-state index in [1.54, 1.807) is 41.1 Å². The molecule has 1 N–H and O–H groups in total. The Hall–Kier alpha value is -0.630. The number of hydrogen-bond donors (Lipinski definition) is 1. The quantitative estimate of drug-likeness (QED) is 0.665. The molecule has 1 rings (SSSR count). The van der Waals surface area contributed by atoms with Crippen LogP contribution in [0.25, 0.3) is 0 Å². The Morgan fingerprint density at radius 1 is 1.27 bits per heavy atom. The molecule has 0 aliphatic carbocycles. The van der Waals surface area contributed by atoms with Gasteiger partial charge in [-0.1, -0.05) is 18.2 Å². The van der Waals surface area contributed by atoms with Crippen molar-refractivity contribution >= 4 is 38.6 Å². The van der Waals surface area contributed by atoms with Crippen LogP contribution in [0.2, 0.25) is 0 Å². The van der Waals surface area contributed by atoms with Gasteiger partial charge in [-0.2, -0.15) is 0 Å². The van der Waals surface area contributed by atoms with Gasteiger partial charge < -0.3 is 0 Å². The van der Waals surface area contributed by atoms with E-state index in [4.69, 9.17) is 0 Å². The molecule has 82 valence electrons. The Balaban J connectivity index is 2.73. The molecule has 1 aromatic rings. The average Bonchev–Trinajstić information content (AvgIpc) is 2.27. The van der Waals surface area contributed by atoms with Gasteiger partial charge in [0.1, 0.15) is 0 Å². The maximum Gasteiger partial charge on any atom is 0.229 e. The molecule has 0 spiro atoms. The summed E-state index contributed by atoms with van der Waals surface area (Å²) >= 11 is 1.69. The summed E-state index contributed by atoms with van der Waals surface area (Å²) in [5.74, 6) is -0.443. The first-order valence-electron chi connectivity index (χ1n) is 4.23. The van der Waals surface area contributed by atoms with E-state index in [2.05, 4.69) is 3.53 Å². The van der Waals surface area contributed by atoms with Crippen molar-refractivity contribution < 1.29 is 13.2 Å². The molecule has 0 atom stereocenters. The van der Waals surface area contributed by atoms with E-state index < -0.39 is 9.84 Å². The minimum atomic E-state index is -3.33. The van der Waals surface area contributed by atoms with E-state index >= 15 is 0 Å². The molecule has 1 amide bonds. The molecule has 0 heterocycles. The van der Waals surface area contributed by atoms with Crippen molar-refractivity contribution in [3.8, 4) is 0 Å². The molecule has 0 unspecified atom stereocenters. The second-order valence-corrected chi connectivity index (χ2v) is 5.55. The third kappa shape index (κ3) is 3.78. The van der Waals surface area contributed by atoms with Crippen LogP contribution in [0.5, 0.6) is 0 Å². The van der Waals surface area contributed by atoms with E-state index in [-0.39, 0.29) is 23.0 Å².